The summed E-state index contributed by atoms with van der Waals surface area (Å²) in [6.07, 6.45) is 0.521. The topological polar surface area (TPSA) is 107 Å². The molecule has 0 aromatic carbocycles. The maximum Gasteiger partial charge on any atom is 0.270 e. The Hall–Kier alpha value is -1.80. The molecule has 2 aromatic heterocycles. The first kappa shape index (κ1) is 13.6. The third kappa shape index (κ3) is 3.58. The second-order valence-electron chi connectivity index (χ2n) is 4.10. The van der Waals surface area contributed by atoms with Gasteiger partial charge in [-0.3, -0.25) is 4.79 Å². The van der Waals surface area contributed by atoms with Crippen molar-refractivity contribution >= 4 is 17.2 Å². The summed E-state index contributed by atoms with van der Waals surface area (Å²) < 4.78 is 4.84. The normalized spacial score (nSPS) is 12.4. The molecule has 0 saturated carbocycles. The van der Waals surface area contributed by atoms with Crippen LogP contribution in [0.25, 0.3) is 0 Å². The predicted molar refractivity (Wildman–Crippen MR) is 69.8 cm³/mol. The van der Waals surface area contributed by atoms with Gasteiger partial charge in [0.1, 0.15) is 10.7 Å². The zero-order chi connectivity index (χ0) is 13.8. The lowest BCUT2D eigenvalue weighted by molar-refractivity contribution is 0.0949. The number of hydrogen-bond acceptors (Lipinski definition) is 7. The molecule has 2 aromatic rings. The maximum atomic E-state index is 11.8. The number of hydrogen-bond donors (Lipinski definition) is 2. The van der Waals surface area contributed by atoms with Crippen molar-refractivity contribution < 1.29 is 9.32 Å². The van der Waals surface area contributed by atoms with E-state index in [0.29, 0.717) is 30.4 Å². The number of aryl methyl sites for hydroxylation is 1. The van der Waals surface area contributed by atoms with Gasteiger partial charge in [0.25, 0.3) is 5.91 Å². The Labute approximate surface area is 114 Å². The highest BCUT2D eigenvalue weighted by Crippen LogP contribution is 2.15. The number of amides is 1. The van der Waals surface area contributed by atoms with E-state index in [2.05, 4.69) is 20.4 Å². The Balaban J connectivity index is 1.83. The van der Waals surface area contributed by atoms with E-state index in [-0.39, 0.29) is 11.9 Å². The van der Waals surface area contributed by atoms with Crippen LogP contribution in [0, 0.1) is 6.92 Å². The Kier molecular flexibility index (Phi) is 4.23. The molecule has 0 aliphatic rings. The van der Waals surface area contributed by atoms with Crippen LogP contribution in [0.15, 0.2) is 9.90 Å². The molecule has 0 saturated heterocycles. The minimum absolute atomic E-state index is 0.158. The zero-order valence-electron chi connectivity index (χ0n) is 10.7. The first-order valence-corrected chi connectivity index (χ1v) is 6.72. The van der Waals surface area contributed by atoms with Gasteiger partial charge < -0.3 is 15.6 Å². The maximum absolute atomic E-state index is 11.8. The van der Waals surface area contributed by atoms with E-state index in [0.717, 1.165) is 5.01 Å². The molecule has 1 atom stereocenters. The molecule has 0 spiro atoms. The fraction of sp³-hybridized carbons (Fsp3) is 0.455. The molecule has 0 aliphatic carbocycles. The van der Waals surface area contributed by atoms with E-state index in [1.807, 2.05) is 6.92 Å². The van der Waals surface area contributed by atoms with Crippen LogP contribution >= 0.6 is 11.3 Å². The highest BCUT2D eigenvalue weighted by Gasteiger charge is 2.12. The molecule has 0 bridgehead atoms. The summed E-state index contributed by atoms with van der Waals surface area (Å²) in [5, 5.41) is 8.95. The van der Waals surface area contributed by atoms with Crippen LogP contribution in [-0.4, -0.2) is 27.6 Å². The molecule has 7 nitrogen and oxygen atoms in total. The summed E-state index contributed by atoms with van der Waals surface area (Å²) in [4.78, 5) is 20.0. The number of rotatable bonds is 5. The molecule has 0 radical (unpaired) electrons. The monoisotopic (exact) mass is 281 g/mol. The first-order chi connectivity index (χ1) is 9.06. The van der Waals surface area contributed by atoms with E-state index >= 15 is 0 Å². The summed E-state index contributed by atoms with van der Waals surface area (Å²) >= 11 is 1.38. The van der Waals surface area contributed by atoms with Crippen LogP contribution in [0.3, 0.4) is 0 Å². The standard InChI is InChI=1S/C11H15N5O2S/c1-6(12)11-15-8(5-19-11)10(17)13-4-3-9-14-7(2)18-16-9/h5-6H,3-4,12H2,1-2H3,(H,13,17). The fourth-order valence-electron chi connectivity index (χ4n) is 1.42. The number of nitrogens with zero attached hydrogens (tertiary/aromatic N) is 3. The van der Waals surface area contributed by atoms with Crippen molar-refractivity contribution in [1.82, 2.24) is 20.4 Å². The molecular formula is C11H15N5O2S. The van der Waals surface area contributed by atoms with Gasteiger partial charge in [-0.05, 0) is 6.92 Å². The summed E-state index contributed by atoms with van der Waals surface area (Å²) in [5.41, 5.74) is 6.09. The molecule has 0 aliphatic heterocycles. The van der Waals surface area contributed by atoms with Crippen LogP contribution in [-0.2, 0) is 6.42 Å². The van der Waals surface area contributed by atoms with E-state index in [4.69, 9.17) is 10.3 Å². The summed E-state index contributed by atoms with van der Waals surface area (Å²) in [7, 11) is 0. The van der Waals surface area contributed by atoms with Crippen LogP contribution in [0.2, 0.25) is 0 Å². The van der Waals surface area contributed by atoms with Crippen LogP contribution in [0.1, 0.15) is 40.2 Å². The SMILES string of the molecule is Cc1nc(CCNC(=O)c2csc(C(C)N)n2)no1. The number of nitrogens with two attached hydrogens (primary N) is 1. The van der Waals surface area contributed by atoms with E-state index in [1.54, 1.807) is 12.3 Å². The minimum atomic E-state index is -0.219. The van der Waals surface area contributed by atoms with Crippen LogP contribution < -0.4 is 11.1 Å². The van der Waals surface area contributed by atoms with Gasteiger partial charge in [0.05, 0.1) is 6.04 Å². The van der Waals surface area contributed by atoms with E-state index < -0.39 is 0 Å². The van der Waals surface area contributed by atoms with Crippen molar-refractivity contribution in [3.8, 4) is 0 Å². The van der Waals surface area contributed by atoms with E-state index in [1.165, 1.54) is 11.3 Å². The number of aromatic nitrogens is 3. The Morgan fingerprint density at radius 3 is 2.95 bits per heavy atom. The van der Waals surface area contributed by atoms with Crippen molar-refractivity contribution in [2.45, 2.75) is 26.3 Å². The zero-order valence-corrected chi connectivity index (χ0v) is 11.5. The molecule has 8 heteroatoms. The highest BCUT2D eigenvalue weighted by atomic mass is 32.1. The fourth-order valence-corrected chi connectivity index (χ4v) is 2.18. The molecule has 102 valence electrons. The molecule has 0 fully saturated rings. The lowest BCUT2D eigenvalue weighted by Gasteiger charge is -2.00. The van der Waals surface area contributed by atoms with Gasteiger partial charge in [-0.25, -0.2) is 4.98 Å². The Morgan fingerprint density at radius 2 is 2.37 bits per heavy atom. The minimum Gasteiger partial charge on any atom is -0.350 e. The molecule has 1 amide bonds. The third-order valence-corrected chi connectivity index (χ3v) is 3.39. The molecule has 19 heavy (non-hydrogen) atoms. The Morgan fingerprint density at radius 1 is 1.58 bits per heavy atom. The highest BCUT2D eigenvalue weighted by molar-refractivity contribution is 7.09. The third-order valence-electron chi connectivity index (χ3n) is 2.35. The average molecular weight is 281 g/mol. The molecular weight excluding hydrogens is 266 g/mol. The second kappa shape index (κ2) is 5.89. The van der Waals surface area contributed by atoms with Crippen LogP contribution in [0.4, 0.5) is 0 Å². The van der Waals surface area contributed by atoms with Crippen molar-refractivity contribution in [1.29, 1.82) is 0 Å². The van der Waals surface area contributed by atoms with Gasteiger partial charge in [-0.15, -0.1) is 11.3 Å². The Bertz CT molecular complexity index is 563. The van der Waals surface area contributed by atoms with Gasteiger partial charge in [0.15, 0.2) is 5.82 Å². The first-order valence-electron chi connectivity index (χ1n) is 5.84. The van der Waals surface area contributed by atoms with E-state index in [9.17, 15) is 4.79 Å². The van der Waals surface area contributed by atoms with Gasteiger partial charge in [0, 0.05) is 25.3 Å². The van der Waals surface area contributed by atoms with Crippen molar-refractivity contribution in [2.24, 2.45) is 5.73 Å². The van der Waals surface area contributed by atoms with Crippen molar-refractivity contribution in [3.05, 3.63) is 27.8 Å². The smallest absolute Gasteiger partial charge is 0.270 e. The molecule has 2 heterocycles. The van der Waals surface area contributed by atoms with Crippen LogP contribution in [0.5, 0.6) is 0 Å². The van der Waals surface area contributed by atoms with Gasteiger partial charge in [-0.1, -0.05) is 5.16 Å². The second-order valence-corrected chi connectivity index (χ2v) is 4.98. The van der Waals surface area contributed by atoms with Gasteiger partial charge in [-0.2, -0.15) is 4.98 Å². The largest absolute Gasteiger partial charge is 0.350 e. The number of nitrogens with one attached hydrogen (secondary N) is 1. The number of carbonyl (C=O) groups excluding carboxylic acids is 1. The quantitative estimate of drug-likeness (QED) is 0.840. The van der Waals surface area contributed by atoms with Crippen molar-refractivity contribution in [3.63, 3.8) is 0 Å². The number of carbonyl (C=O) groups is 1. The van der Waals surface area contributed by atoms with Crippen molar-refractivity contribution in [2.75, 3.05) is 6.54 Å². The summed E-state index contributed by atoms with van der Waals surface area (Å²) in [6, 6.07) is -0.158. The predicted octanol–water partition coefficient (Wildman–Crippen LogP) is 0.827. The van der Waals surface area contributed by atoms with Gasteiger partial charge in [0.2, 0.25) is 5.89 Å². The number of thiazole rings is 1. The summed E-state index contributed by atoms with van der Waals surface area (Å²) in [6.45, 7) is 3.99. The summed E-state index contributed by atoms with van der Waals surface area (Å²) in [5.74, 6) is 0.873. The molecule has 3 N–H and O–H groups in total. The molecule has 1 unspecified atom stereocenters. The van der Waals surface area contributed by atoms with Gasteiger partial charge >= 0.3 is 0 Å². The average Bonchev–Trinajstić information content (AvgIpc) is 2.98. The molecule has 2 rings (SSSR count). The lowest BCUT2D eigenvalue weighted by Crippen LogP contribution is -2.26. The lowest BCUT2D eigenvalue weighted by atomic mass is 10.3.